The number of nitrogens with zero attached hydrogens (tertiary/aromatic N) is 3. The number of likely N-dealkylation sites (N-methyl/N-ethyl adjacent to an activating group) is 1. The number of phenolic OH excluding ortho intramolecular Hbond substituents is 1. The Morgan fingerprint density at radius 3 is 2.37 bits per heavy atom. The minimum atomic E-state index is -0.667. The number of phenols is 1. The first kappa shape index (κ1) is 24.1. The lowest BCUT2D eigenvalue weighted by molar-refractivity contribution is -0.892. The van der Waals surface area contributed by atoms with Gasteiger partial charge >= 0.3 is 5.69 Å². The molecule has 0 bridgehead atoms. The zero-order valence-corrected chi connectivity index (χ0v) is 19.7. The molecular formula is C25H31N6O4+. The third-order valence-electron chi connectivity index (χ3n) is 6.37. The van der Waals surface area contributed by atoms with E-state index in [0.717, 1.165) is 42.3 Å². The number of nitrogen functional groups attached to an aromatic ring is 1. The zero-order valence-electron chi connectivity index (χ0n) is 19.7. The average Bonchev–Trinajstić information content (AvgIpc) is 2.86. The predicted octanol–water partition coefficient (Wildman–Crippen LogP) is -0.369. The molecular weight excluding hydrogens is 448 g/mol. The highest BCUT2D eigenvalue weighted by molar-refractivity contribution is 5.96. The number of nitrogens with two attached hydrogens (primary N) is 1. The number of aromatic hydroxyl groups is 1. The second kappa shape index (κ2) is 10.5. The first-order chi connectivity index (χ1) is 16.9. The number of carbonyl (C=O) groups excluding carboxylic acids is 1. The molecule has 0 aliphatic carbocycles. The number of rotatable bonds is 7. The second-order valence-electron chi connectivity index (χ2n) is 8.63. The maximum atomic E-state index is 13.3. The Bertz CT molecular complexity index is 1280. The molecule has 1 fully saturated rings. The van der Waals surface area contributed by atoms with Gasteiger partial charge in [-0.25, -0.2) is 4.79 Å². The number of piperazine rings is 1. The Kier molecular flexibility index (Phi) is 7.21. The van der Waals surface area contributed by atoms with Crippen molar-refractivity contribution in [3.8, 4) is 5.75 Å². The number of carbonyl (C=O) groups is 1. The molecule has 2 heterocycles. The lowest BCUT2D eigenvalue weighted by Crippen LogP contribution is -3.16. The van der Waals surface area contributed by atoms with E-state index in [1.54, 1.807) is 19.1 Å². The number of anilines is 3. The number of H-pyrrole nitrogens is 1. The zero-order chi connectivity index (χ0) is 24.9. The van der Waals surface area contributed by atoms with E-state index in [0.29, 0.717) is 0 Å². The highest BCUT2D eigenvalue weighted by atomic mass is 16.3. The second-order valence-corrected chi connectivity index (χ2v) is 8.63. The largest absolute Gasteiger partial charge is 0.508 e. The van der Waals surface area contributed by atoms with Gasteiger partial charge in [-0.3, -0.25) is 24.0 Å². The maximum absolute atomic E-state index is 13.3. The van der Waals surface area contributed by atoms with Crippen molar-refractivity contribution >= 4 is 23.1 Å². The lowest BCUT2D eigenvalue weighted by Gasteiger charge is -2.34. The Labute approximate surface area is 202 Å². The van der Waals surface area contributed by atoms with E-state index in [2.05, 4.69) is 9.88 Å². The molecule has 35 heavy (non-hydrogen) atoms. The molecule has 5 N–H and O–H groups in total. The van der Waals surface area contributed by atoms with Crippen LogP contribution in [-0.2, 0) is 11.3 Å². The molecule has 1 aliphatic rings. The summed E-state index contributed by atoms with van der Waals surface area (Å²) >= 11 is 0. The van der Waals surface area contributed by atoms with Crippen molar-refractivity contribution in [2.24, 2.45) is 0 Å². The van der Waals surface area contributed by atoms with Crippen molar-refractivity contribution in [2.45, 2.75) is 13.5 Å². The summed E-state index contributed by atoms with van der Waals surface area (Å²) in [4.78, 5) is 45.5. The Morgan fingerprint density at radius 1 is 1.09 bits per heavy atom. The number of aromatic nitrogens is 2. The summed E-state index contributed by atoms with van der Waals surface area (Å²) in [5.41, 5.74) is 6.90. The molecule has 1 saturated heterocycles. The first-order valence-electron chi connectivity index (χ1n) is 11.7. The van der Waals surface area contributed by atoms with E-state index in [-0.39, 0.29) is 42.8 Å². The molecule has 0 atom stereocenters. The third-order valence-corrected chi connectivity index (χ3v) is 6.37. The fourth-order valence-electron chi connectivity index (χ4n) is 4.45. The smallest absolute Gasteiger partial charge is 0.330 e. The Hall–Kier alpha value is -4.05. The van der Waals surface area contributed by atoms with Crippen LogP contribution >= 0.6 is 0 Å². The molecule has 0 spiro atoms. The maximum Gasteiger partial charge on any atom is 0.330 e. The van der Waals surface area contributed by atoms with Crippen molar-refractivity contribution in [1.82, 2.24) is 9.55 Å². The van der Waals surface area contributed by atoms with E-state index < -0.39 is 11.2 Å². The molecule has 1 aromatic heterocycles. The van der Waals surface area contributed by atoms with Crippen LogP contribution in [0, 0.1) is 0 Å². The van der Waals surface area contributed by atoms with E-state index in [4.69, 9.17) is 5.73 Å². The predicted molar refractivity (Wildman–Crippen MR) is 135 cm³/mol. The Morgan fingerprint density at radius 2 is 1.74 bits per heavy atom. The summed E-state index contributed by atoms with van der Waals surface area (Å²) in [6, 6.07) is 16.4. The van der Waals surface area contributed by atoms with Crippen molar-refractivity contribution in [2.75, 3.05) is 54.8 Å². The van der Waals surface area contributed by atoms with Gasteiger partial charge in [0, 0.05) is 12.2 Å². The fourth-order valence-corrected chi connectivity index (χ4v) is 4.45. The summed E-state index contributed by atoms with van der Waals surface area (Å²) < 4.78 is 1.28. The lowest BCUT2D eigenvalue weighted by atomic mass is 10.2. The molecule has 4 rings (SSSR count). The van der Waals surface area contributed by atoms with Crippen molar-refractivity contribution in [1.29, 1.82) is 0 Å². The topological polar surface area (TPSA) is 129 Å². The van der Waals surface area contributed by atoms with Gasteiger partial charge in [0.25, 0.3) is 11.5 Å². The fraction of sp³-hybridized carbons (Fsp3) is 0.320. The summed E-state index contributed by atoms with van der Waals surface area (Å²) in [5.74, 6) is -0.0136. The molecule has 10 heteroatoms. The Balaban J connectivity index is 1.48. The van der Waals surface area contributed by atoms with E-state index in [9.17, 15) is 19.5 Å². The van der Waals surface area contributed by atoms with Gasteiger partial charge in [-0.2, -0.15) is 0 Å². The van der Waals surface area contributed by atoms with Gasteiger partial charge in [-0.05, 0) is 36.8 Å². The van der Waals surface area contributed by atoms with Crippen LogP contribution in [0.15, 0.2) is 64.2 Å². The number of quaternary nitrogens is 1. The molecule has 1 amide bonds. The molecule has 2 aromatic carbocycles. The number of hydrogen-bond acceptors (Lipinski definition) is 6. The van der Waals surface area contributed by atoms with Crippen LogP contribution < -0.4 is 31.7 Å². The monoisotopic (exact) mass is 479 g/mol. The summed E-state index contributed by atoms with van der Waals surface area (Å²) in [7, 11) is 0. The minimum absolute atomic E-state index is 0.00941. The van der Waals surface area contributed by atoms with Gasteiger partial charge in [-0.15, -0.1) is 0 Å². The molecule has 184 valence electrons. The van der Waals surface area contributed by atoms with Crippen LogP contribution in [0.4, 0.5) is 17.2 Å². The van der Waals surface area contributed by atoms with Gasteiger partial charge in [0.1, 0.15) is 11.6 Å². The van der Waals surface area contributed by atoms with Crippen LogP contribution in [0.3, 0.4) is 0 Å². The molecule has 1 aliphatic heterocycles. The molecule has 0 saturated carbocycles. The van der Waals surface area contributed by atoms with Gasteiger partial charge in [0.15, 0.2) is 12.2 Å². The standard InChI is InChI=1S/C25H30N6O4/c1-2-30(21(33)17-28-12-14-29(15-13-28)19-8-10-20(32)11-9-19)22-23(26)31(25(35)27-24(22)34)16-18-6-4-3-5-7-18/h3-11,32H,2,12-17,26H2,1H3,(H,27,34,35)/p+1. The number of hydrogen-bond donors (Lipinski definition) is 4. The number of amides is 1. The van der Waals surface area contributed by atoms with Crippen molar-refractivity contribution in [3.05, 3.63) is 81.0 Å². The summed E-state index contributed by atoms with van der Waals surface area (Å²) in [6.45, 7) is 5.48. The minimum Gasteiger partial charge on any atom is -0.508 e. The van der Waals surface area contributed by atoms with E-state index >= 15 is 0 Å². The highest BCUT2D eigenvalue weighted by Crippen LogP contribution is 2.19. The van der Waals surface area contributed by atoms with Crippen LogP contribution in [0.1, 0.15) is 12.5 Å². The van der Waals surface area contributed by atoms with Gasteiger partial charge in [-0.1, -0.05) is 30.3 Å². The van der Waals surface area contributed by atoms with Crippen LogP contribution in [0.5, 0.6) is 5.75 Å². The van der Waals surface area contributed by atoms with E-state index in [1.807, 2.05) is 42.5 Å². The van der Waals surface area contributed by atoms with Crippen LogP contribution in [0.2, 0.25) is 0 Å². The van der Waals surface area contributed by atoms with E-state index in [1.165, 1.54) is 9.47 Å². The summed E-state index contributed by atoms with van der Waals surface area (Å²) in [6.07, 6.45) is 0. The van der Waals surface area contributed by atoms with Crippen LogP contribution in [0.25, 0.3) is 0 Å². The van der Waals surface area contributed by atoms with Crippen LogP contribution in [-0.4, -0.2) is 59.8 Å². The number of aromatic amines is 1. The van der Waals surface area contributed by atoms with Gasteiger partial charge in [0.05, 0.1) is 32.7 Å². The normalized spacial score (nSPS) is 14.1. The molecule has 0 unspecified atom stereocenters. The highest BCUT2D eigenvalue weighted by Gasteiger charge is 2.28. The number of benzene rings is 2. The molecule has 10 nitrogen and oxygen atoms in total. The molecule has 0 radical (unpaired) electrons. The average molecular weight is 480 g/mol. The number of nitrogens with one attached hydrogen (secondary N) is 2. The summed E-state index contributed by atoms with van der Waals surface area (Å²) in [5, 5.41) is 9.49. The third kappa shape index (κ3) is 5.38. The quantitative estimate of drug-likeness (QED) is 0.366. The van der Waals surface area contributed by atoms with Crippen molar-refractivity contribution in [3.63, 3.8) is 0 Å². The molecule has 3 aromatic rings. The van der Waals surface area contributed by atoms with Gasteiger partial charge in [0.2, 0.25) is 0 Å². The van der Waals surface area contributed by atoms with Gasteiger partial charge < -0.3 is 20.6 Å². The van der Waals surface area contributed by atoms with Crippen molar-refractivity contribution < 1.29 is 14.8 Å². The SMILES string of the molecule is CCN(C(=O)C[NH+]1CCN(c2ccc(O)cc2)CC1)c1c(N)n(Cc2ccccc2)c(=O)[nH]c1=O. The first-order valence-corrected chi connectivity index (χ1v) is 11.7.